The number of carbonyl (C=O) groups excluding carboxylic acids is 1. The first kappa shape index (κ1) is 22.7. The molecule has 2 N–H and O–H groups in total. The van der Waals surface area contributed by atoms with Gasteiger partial charge in [0, 0.05) is 13.0 Å². The van der Waals surface area contributed by atoms with Crippen LogP contribution in [0.2, 0.25) is 0 Å². The number of amides is 1. The molecule has 4 rings (SSSR count). The van der Waals surface area contributed by atoms with Crippen LogP contribution in [0.25, 0.3) is 10.9 Å². The Balaban J connectivity index is 1.48. The number of hydrogen-bond donors (Lipinski definition) is 1. The molecular weight excluding hydrogens is 438 g/mol. The minimum absolute atomic E-state index is 0.0757. The highest BCUT2D eigenvalue weighted by Crippen LogP contribution is 2.22. The molecule has 170 valence electrons. The van der Waals surface area contributed by atoms with E-state index in [0.29, 0.717) is 59.4 Å². The molecule has 2 aromatic carbocycles. The number of fused-ring (bicyclic) bond motifs is 1. The molecule has 33 heavy (non-hydrogen) atoms. The molecule has 4 aromatic rings. The van der Waals surface area contributed by atoms with Gasteiger partial charge in [0.15, 0.2) is 5.16 Å². The molecular formula is C24H25N5O3S. The number of carbonyl (C=O) groups is 1. The van der Waals surface area contributed by atoms with Crippen LogP contribution in [-0.2, 0) is 23.5 Å². The Bertz CT molecular complexity index is 1290. The van der Waals surface area contributed by atoms with Crippen molar-refractivity contribution in [3.63, 3.8) is 0 Å². The van der Waals surface area contributed by atoms with E-state index in [-0.39, 0.29) is 11.5 Å². The highest BCUT2D eigenvalue weighted by molar-refractivity contribution is 7.98. The summed E-state index contributed by atoms with van der Waals surface area (Å²) in [5.74, 6) is 1.15. The highest BCUT2D eigenvalue weighted by Gasteiger charge is 2.14. The van der Waals surface area contributed by atoms with E-state index in [0.717, 1.165) is 18.4 Å². The van der Waals surface area contributed by atoms with Gasteiger partial charge in [-0.3, -0.25) is 14.2 Å². The van der Waals surface area contributed by atoms with Gasteiger partial charge < -0.3 is 10.2 Å². The van der Waals surface area contributed by atoms with Gasteiger partial charge in [0.05, 0.1) is 23.1 Å². The third-order valence-electron chi connectivity index (χ3n) is 5.16. The standard InChI is InChI=1S/C24H25N5O3S/c25-20(30)13-5-2-8-14-29-23(31)18-11-6-7-12-19(18)26-24(29)33-16-22-28-27-21(32-22)15-17-9-3-1-4-10-17/h1,3-4,6-7,9-12H,2,5,8,13-16H2,(H2,25,30). The zero-order valence-electron chi connectivity index (χ0n) is 18.1. The van der Waals surface area contributed by atoms with Crippen molar-refractivity contribution in [1.82, 2.24) is 19.7 Å². The Labute approximate surface area is 195 Å². The van der Waals surface area contributed by atoms with E-state index in [1.165, 1.54) is 11.8 Å². The fourth-order valence-electron chi connectivity index (χ4n) is 3.52. The predicted molar refractivity (Wildman–Crippen MR) is 127 cm³/mol. The van der Waals surface area contributed by atoms with Crippen LogP contribution in [0.5, 0.6) is 0 Å². The first-order valence-corrected chi connectivity index (χ1v) is 11.8. The van der Waals surface area contributed by atoms with Crippen LogP contribution in [0.1, 0.15) is 43.0 Å². The molecule has 0 saturated heterocycles. The molecule has 0 spiro atoms. The summed E-state index contributed by atoms with van der Waals surface area (Å²) < 4.78 is 7.49. The Morgan fingerprint density at radius 2 is 1.73 bits per heavy atom. The molecule has 0 bridgehead atoms. The van der Waals surface area contributed by atoms with Gasteiger partial charge in [0.1, 0.15) is 0 Å². The minimum atomic E-state index is -0.304. The second kappa shape index (κ2) is 10.9. The van der Waals surface area contributed by atoms with Gasteiger partial charge in [-0.15, -0.1) is 10.2 Å². The fraction of sp³-hybridized carbons (Fsp3) is 0.292. The Morgan fingerprint density at radius 1 is 0.970 bits per heavy atom. The fourth-order valence-corrected chi connectivity index (χ4v) is 4.38. The van der Waals surface area contributed by atoms with E-state index in [1.54, 1.807) is 10.6 Å². The molecule has 1 amide bonds. The van der Waals surface area contributed by atoms with Gasteiger partial charge in [-0.25, -0.2) is 4.98 Å². The quantitative estimate of drug-likeness (QED) is 0.205. The Morgan fingerprint density at radius 3 is 2.55 bits per heavy atom. The number of unbranched alkanes of at least 4 members (excludes halogenated alkanes) is 2. The molecule has 0 aliphatic heterocycles. The minimum Gasteiger partial charge on any atom is -0.424 e. The smallest absolute Gasteiger partial charge is 0.262 e. The first-order chi connectivity index (χ1) is 16.1. The maximum atomic E-state index is 13.1. The number of primary amides is 1. The molecule has 2 heterocycles. The topological polar surface area (TPSA) is 117 Å². The summed E-state index contributed by atoms with van der Waals surface area (Å²) in [6, 6.07) is 17.3. The lowest BCUT2D eigenvalue weighted by Gasteiger charge is -2.12. The number of thioether (sulfide) groups is 1. The summed E-state index contributed by atoms with van der Waals surface area (Å²) in [5.41, 5.74) is 6.89. The SMILES string of the molecule is NC(=O)CCCCCn1c(SCc2nnc(Cc3ccccc3)o2)nc2ccccc2c1=O. The van der Waals surface area contributed by atoms with Crippen LogP contribution in [0, 0.1) is 0 Å². The van der Waals surface area contributed by atoms with Crippen LogP contribution in [0.15, 0.2) is 69.0 Å². The van der Waals surface area contributed by atoms with Crippen molar-refractivity contribution in [2.45, 2.75) is 49.6 Å². The lowest BCUT2D eigenvalue weighted by Crippen LogP contribution is -2.23. The molecule has 0 radical (unpaired) electrons. The predicted octanol–water partition coefficient (Wildman–Crippen LogP) is 3.71. The molecule has 0 atom stereocenters. The molecule has 0 aliphatic carbocycles. The zero-order valence-corrected chi connectivity index (χ0v) is 19.0. The van der Waals surface area contributed by atoms with Crippen LogP contribution in [0.4, 0.5) is 0 Å². The molecule has 2 aromatic heterocycles. The summed E-state index contributed by atoms with van der Waals surface area (Å²) in [7, 11) is 0. The van der Waals surface area contributed by atoms with Gasteiger partial charge in [0.2, 0.25) is 17.7 Å². The average Bonchev–Trinajstić information content (AvgIpc) is 3.26. The second-order valence-corrected chi connectivity index (χ2v) is 8.63. The van der Waals surface area contributed by atoms with Gasteiger partial charge in [-0.05, 0) is 30.5 Å². The maximum Gasteiger partial charge on any atom is 0.262 e. The molecule has 8 nitrogen and oxygen atoms in total. The normalized spacial score (nSPS) is 11.2. The molecule has 0 aliphatic rings. The number of benzene rings is 2. The van der Waals surface area contributed by atoms with Crippen molar-refractivity contribution < 1.29 is 9.21 Å². The van der Waals surface area contributed by atoms with Crippen LogP contribution in [-0.4, -0.2) is 25.7 Å². The van der Waals surface area contributed by atoms with E-state index in [9.17, 15) is 9.59 Å². The van der Waals surface area contributed by atoms with Crippen molar-refractivity contribution in [1.29, 1.82) is 0 Å². The van der Waals surface area contributed by atoms with Crippen molar-refractivity contribution in [2.75, 3.05) is 0 Å². The van der Waals surface area contributed by atoms with E-state index >= 15 is 0 Å². The lowest BCUT2D eigenvalue weighted by molar-refractivity contribution is -0.118. The van der Waals surface area contributed by atoms with E-state index in [1.807, 2.05) is 48.5 Å². The Kier molecular flexibility index (Phi) is 7.51. The second-order valence-electron chi connectivity index (χ2n) is 7.69. The number of nitrogens with two attached hydrogens (primary N) is 1. The number of aromatic nitrogens is 4. The number of hydrogen-bond acceptors (Lipinski definition) is 7. The average molecular weight is 464 g/mol. The van der Waals surface area contributed by atoms with Gasteiger partial charge in [-0.2, -0.15) is 0 Å². The monoisotopic (exact) mass is 463 g/mol. The number of para-hydroxylation sites is 1. The zero-order chi connectivity index (χ0) is 23.0. The highest BCUT2D eigenvalue weighted by atomic mass is 32.2. The largest absolute Gasteiger partial charge is 0.424 e. The number of nitrogens with zero attached hydrogens (tertiary/aromatic N) is 4. The molecule has 0 fully saturated rings. The van der Waals surface area contributed by atoms with Crippen LogP contribution >= 0.6 is 11.8 Å². The third kappa shape index (κ3) is 6.07. The van der Waals surface area contributed by atoms with E-state index in [2.05, 4.69) is 10.2 Å². The van der Waals surface area contributed by atoms with Crippen LogP contribution < -0.4 is 11.3 Å². The third-order valence-corrected chi connectivity index (χ3v) is 6.12. The summed E-state index contributed by atoms with van der Waals surface area (Å²) >= 11 is 1.40. The first-order valence-electron chi connectivity index (χ1n) is 10.9. The van der Waals surface area contributed by atoms with Gasteiger partial charge in [-0.1, -0.05) is 60.6 Å². The van der Waals surface area contributed by atoms with Crippen molar-refractivity contribution >= 4 is 28.6 Å². The molecule has 9 heteroatoms. The van der Waals surface area contributed by atoms with Crippen molar-refractivity contribution in [3.8, 4) is 0 Å². The maximum absolute atomic E-state index is 13.1. The van der Waals surface area contributed by atoms with E-state index in [4.69, 9.17) is 15.1 Å². The Hall–Kier alpha value is -3.46. The summed E-state index contributed by atoms with van der Waals surface area (Å²) in [6.45, 7) is 0.515. The summed E-state index contributed by atoms with van der Waals surface area (Å²) in [6.07, 6.45) is 3.19. The van der Waals surface area contributed by atoms with E-state index < -0.39 is 0 Å². The van der Waals surface area contributed by atoms with Crippen molar-refractivity contribution in [3.05, 3.63) is 82.3 Å². The van der Waals surface area contributed by atoms with Crippen LogP contribution in [0.3, 0.4) is 0 Å². The van der Waals surface area contributed by atoms with Crippen molar-refractivity contribution in [2.24, 2.45) is 5.73 Å². The summed E-state index contributed by atoms with van der Waals surface area (Å²) in [4.78, 5) is 28.8. The van der Waals surface area contributed by atoms with Gasteiger partial charge >= 0.3 is 0 Å². The molecule has 0 unspecified atom stereocenters. The number of rotatable bonds is 11. The molecule has 0 saturated carbocycles. The summed E-state index contributed by atoms with van der Waals surface area (Å²) in [5, 5.41) is 9.48. The van der Waals surface area contributed by atoms with Gasteiger partial charge in [0.25, 0.3) is 5.56 Å². The lowest BCUT2D eigenvalue weighted by atomic mass is 10.2.